The van der Waals surface area contributed by atoms with Gasteiger partial charge >= 0.3 is 6.18 Å². The van der Waals surface area contributed by atoms with Gasteiger partial charge in [0.05, 0.1) is 26.9 Å². The number of ether oxygens (including phenoxy) is 3. The Morgan fingerprint density at radius 3 is 2.06 bits per heavy atom. The third-order valence-electron chi connectivity index (χ3n) is 5.23. The van der Waals surface area contributed by atoms with Crippen LogP contribution in [-0.4, -0.2) is 63.2 Å². The smallest absolute Gasteiger partial charge is 0.416 e. The summed E-state index contributed by atoms with van der Waals surface area (Å²) in [5.74, 6) is 1.03. The lowest BCUT2D eigenvalue weighted by Gasteiger charge is -2.35. The minimum atomic E-state index is -4.36. The van der Waals surface area contributed by atoms with E-state index in [0.717, 1.165) is 6.07 Å². The number of nitrogens with zero attached hydrogens (tertiary/aromatic N) is 2. The third kappa shape index (κ3) is 5.22. The van der Waals surface area contributed by atoms with Crippen molar-refractivity contribution in [1.82, 2.24) is 9.80 Å². The molecule has 1 heterocycles. The molecular weight excluding hydrogens is 413 g/mol. The number of carbonyl (C=O) groups excluding carboxylic acids is 1. The molecule has 3 rings (SSSR count). The van der Waals surface area contributed by atoms with Gasteiger partial charge in [0.2, 0.25) is 5.75 Å². The van der Waals surface area contributed by atoms with E-state index in [1.807, 2.05) is 4.90 Å². The Labute approximate surface area is 179 Å². The average molecular weight is 438 g/mol. The quantitative estimate of drug-likeness (QED) is 0.689. The maximum atomic E-state index is 13.0. The fourth-order valence-corrected chi connectivity index (χ4v) is 3.60. The molecule has 0 aliphatic carbocycles. The van der Waals surface area contributed by atoms with Crippen molar-refractivity contribution < 1.29 is 32.2 Å². The van der Waals surface area contributed by atoms with Gasteiger partial charge in [0, 0.05) is 38.3 Å². The standard InChI is InChI=1S/C22H25F3N2O4/c1-29-18-12-16(13-19(30-2)20(18)31-3)21(28)27-9-7-26(8-10-27)14-15-5-4-6-17(11-15)22(23,24)25/h4-6,11-13H,7-10,14H2,1-3H3. The normalized spacial score (nSPS) is 15.0. The molecule has 0 aromatic heterocycles. The highest BCUT2D eigenvalue weighted by Crippen LogP contribution is 2.38. The Kier molecular flexibility index (Phi) is 6.94. The van der Waals surface area contributed by atoms with Crippen molar-refractivity contribution in [3.05, 3.63) is 53.1 Å². The number of piperazine rings is 1. The first-order chi connectivity index (χ1) is 14.8. The summed E-state index contributed by atoms with van der Waals surface area (Å²) < 4.78 is 54.7. The van der Waals surface area contributed by atoms with Crippen LogP contribution in [0.25, 0.3) is 0 Å². The van der Waals surface area contributed by atoms with Crippen LogP contribution >= 0.6 is 0 Å². The first-order valence-corrected chi connectivity index (χ1v) is 9.74. The predicted octanol–water partition coefficient (Wildman–Crippen LogP) is 3.69. The number of carbonyl (C=O) groups is 1. The van der Waals surface area contributed by atoms with E-state index in [1.165, 1.54) is 33.5 Å². The highest BCUT2D eigenvalue weighted by molar-refractivity contribution is 5.95. The molecule has 1 amide bonds. The van der Waals surface area contributed by atoms with E-state index in [0.29, 0.717) is 61.1 Å². The molecule has 0 unspecified atom stereocenters. The van der Waals surface area contributed by atoms with Gasteiger partial charge in [0.1, 0.15) is 0 Å². The Morgan fingerprint density at radius 1 is 0.935 bits per heavy atom. The van der Waals surface area contributed by atoms with Crippen LogP contribution in [0.3, 0.4) is 0 Å². The Morgan fingerprint density at radius 2 is 1.55 bits per heavy atom. The zero-order valence-electron chi connectivity index (χ0n) is 17.7. The van der Waals surface area contributed by atoms with Crippen LogP contribution in [0.5, 0.6) is 17.2 Å². The molecule has 31 heavy (non-hydrogen) atoms. The monoisotopic (exact) mass is 438 g/mol. The van der Waals surface area contributed by atoms with Crippen LogP contribution in [0.1, 0.15) is 21.5 Å². The van der Waals surface area contributed by atoms with Gasteiger partial charge in [-0.15, -0.1) is 0 Å². The zero-order chi connectivity index (χ0) is 22.6. The van der Waals surface area contributed by atoms with E-state index >= 15 is 0 Å². The zero-order valence-corrected chi connectivity index (χ0v) is 17.7. The number of hydrogen-bond acceptors (Lipinski definition) is 5. The molecule has 0 atom stereocenters. The fraction of sp³-hybridized carbons (Fsp3) is 0.409. The third-order valence-corrected chi connectivity index (χ3v) is 5.23. The van der Waals surface area contributed by atoms with Crippen molar-refractivity contribution in [2.75, 3.05) is 47.5 Å². The van der Waals surface area contributed by atoms with Gasteiger partial charge in [-0.2, -0.15) is 13.2 Å². The molecule has 0 saturated carbocycles. The Balaban J connectivity index is 1.65. The number of amides is 1. The molecular formula is C22H25F3N2O4. The molecule has 168 valence electrons. The molecule has 9 heteroatoms. The number of rotatable bonds is 6. The predicted molar refractivity (Wildman–Crippen MR) is 109 cm³/mol. The van der Waals surface area contributed by atoms with Gasteiger partial charge < -0.3 is 19.1 Å². The van der Waals surface area contributed by atoms with Gasteiger partial charge in [0.25, 0.3) is 5.91 Å². The molecule has 6 nitrogen and oxygen atoms in total. The topological polar surface area (TPSA) is 51.2 Å². The summed E-state index contributed by atoms with van der Waals surface area (Å²) in [5, 5.41) is 0. The molecule has 2 aromatic carbocycles. The molecule has 0 spiro atoms. The Hall–Kier alpha value is -2.94. The first kappa shape index (κ1) is 22.7. The van der Waals surface area contributed by atoms with Crippen molar-refractivity contribution in [1.29, 1.82) is 0 Å². The van der Waals surface area contributed by atoms with Gasteiger partial charge in [0.15, 0.2) is 11.5 Å². The molecule has 0 radical (unpaired) electrons. The SMILES string of the molecule is COc1cc(C(=O)N2CCN(Cc3cccc(C(F)(F)F)c3)CC2)cc(OC)c1OC. The highest BCUT2D eigenvalue weighted by atomic mass is 19.4. The summed E-state index contributed by atoms with van der Waals surface area (Å²) in [7, 11) is 4.46. The van der Waals surface area contributed by atoms with Crippen LogP contribution in [0.4, 0.5) is 13.2 Å². The lowest BCUT2D eigenvalue weighted by Crippen LogP contribution is -2.48. The molecule has 1 fully saturated rings. The van der Waals surface area contributed by atoms with E-state index in [2.05, 4.69) is 0 Å². The highest BCUT2D eigenvalue weighted by Gasteiger charge is 2.31. The maximum absolute atomic E-state index is 13.0. The second kappa shape index (κ2) is 9.47. The summed E-state index contributed by atoms with van der Waals surface area (Å²) in [4.78, 5) is 16.7. The number of hydrogen-bond donors (Lipinski definition) is 0. The summed E-state index contributed by atoms with van der Waals surface area (Å²) in [6.45, 7) is 2.46. The van der Waals surface area contributed by atoms with E-state index < -0.39 is 11.7 Å². The number of alkyl halides is 3. The summed E-state index contributed by atoms with van der Waals surface area (Å²) in [5.41, 5.74) is 0.362. The molecule has 0 bridgehead atoms. The van der Waals surface area contributed by atoms with E-state index in [1.54, 1.807) is 23.1 Å². The van der Waals surface area contributed by atoms with E-state index in [9.17, 15) is 18.0 Å². The largest absolute Gasteiger partial charge is 0.493 e. The Bertz CT molecular complexity index is 900. The van der Waals surface area contributed by atoms with Crippen LogP contribution in [-0.2, 0) is 12.7 Å². The fourth-order valence-electron chi connectivity index (χ4n) is 3.60. The molecule has 0 N–H and O–H groups in total. The van der Waals surface area contributed by atoms with Crippen molar-refractivity contribution >= 4 is 5.91 Å². The van der Waals surface area contributed by atoms with Crippen LogP contribution < -0.4 is 14.2 Å². The van der Waals surface area contributed by atoms with Gasteiger partial charge in [-0.05, 0) is 23.8 Å². The van der Waals surface area contributed by atoms with Gasteiger partial charge in [-0.25, -0.2) is 0 Å². The van der Waals surface area contributed by atoms with Crippen LogP contribution in [0.15, 0.2) is 36.4 Å². The summed E-state index contributed by atoms with van der Waals surface area (Å²) >= 11 is 0. The lowest BCUT2D eigenvalue weighted by molar-refractivity contribution is -0.137. The van der Waals surface area contributed by atoms with Crippen molar-refractivity contribution in [3.8, 4) is 17.2 Å². The first-order valence-electron chi connectivity index (χ1n) is 9.74. The van der Waals surface area contributed by atoms with E-state index in [-0.39, 0.29) is 5.91 Å². The van der Waals surface area contributed by atoms with Gasteiger partial charge in [-0.3, -0.25) is 9.69 Å². The number of halogens is 3. The van der Waals surface area contributed by atoms with E-state index in [4.69, 9.17) is 14.2 Å². The van der Waals surface area contributed by atoms with Crippen molar-refractivity contribution in [2.45, 2.75) is 12.7 Å². The summed E-state index contributed by atoms with van der Waals surface area (Å²) in [6.07, 6.45) is -4.36. The summed E-state index contributed by atoms with van der Waals surface area (Å²) in [6, 6.07) is 8.56. The number of benzene rings is 2. The van der Waals surface area contributed by atoms with Gasteiger partial charge in [-0.1, -0.05) is 18.2 Å². The van der Waals surface area contributed by atoms with Crippen LogP contribution in [0.2, 0.25) is 0 Å². The minimum absolute atomic E-state index is 0.169. The average Bonchev–Trinajstić information content (AvgIpc) is 2.77. The van der Waals surface area contributed by atoms with Crippen LogP contribution in [0, 0.1) is 0 Å². The molecule has 1 aliphatic heterocycles. The second-order valence-corrected chi connectivity index (χ2v) is 7.18. The molecule has 1 aliphatic rings. The molecule has 2 aromatic rings. The maximum Gasteiger partial charge on any atom is 0.416 e. The molecule has 1 saturated heterocycles. The van der Waals surface area contributed by atoms with Crippen molar-refractivity contribution in [2.24, 2.45) is 0 Å². The number of methoxy groups -OCH3 is 3. The second-order valence-electron chi connectivity index (χ2n) is 7.18. The van der Waals surface area contributed by atoms with Crippen molar-refractivity contribution in [3.63, 3.8) is 0 Å². The lowest BCUT2D eigenvalue weighted by atomic mass is 10.1. The minimum Gasteiger partial charge on any atom is -0.493 e.